The number of carbonyl (C=O) groups excluding carboxylic acids is 1. The summed E-state index contributed by atoms with van der Waals surface area (Å²) in [5.41, 5.74) is 6.23. The van der Waals surface area contributed by atoms with Crippen molar-refractivity contribution >= 4 is 17.4 Å². The van der Waals surface area contributed by atoms with Crippen molar-refractivity contribution in [2.24, 2.45) is 0 Å². The molecule has 1 amide bonds. The third-order valence-electron chi connectivity index (χ3n) is 2.32. The summed E-state index contributed by atoms with van der Waals surface area (Å²) in [6, 6.07) is 3.41. The van der Waals surface area contributed by atoms with Crippen molar-refractivity contribution in [3.05, 3.63) is 18.3 Å². The van der Waals surface area contributed by atoms with Gasteiger partial charge >= 0.3 is 0 Å². The van der Waals surface area contributed by atoms with Gasteiger partial charge in [-0.3, -0.25) is 4.79 Å². The van der Waals surface area contributed by atoms with Crippen LogP contribution in [-0.2, 0) is 4.79 Å². The molecule has 1 rings (SSSR count). The van der Waals surface area contributed by atoms with Crippen LogP contribution in [0.4, 0.5) is 11.5 Å². The third kappa shape index (κ3) is 3.42. The number of nitrogen functional groups attached to an aromatic ring is 1. The molecule has 16 heavy (non-hydrogen) atoms. The molecule has 0 fully saturated rings. The van der Waals surface area contributed by atoms with E-state index >= 15 is 0 Å². The van der Waals surface area contributed by atoms with Crippen LogP contribution in [0.2, 0.25) is 0 Å². The van der Waals surface area contributed by atoms with E-state index < -0.39 is 0 Å². The number of aromatic nitrogens is 1. The monoisotopic (exact) mass is 222 g/mol. The summed E-state index contributed by atoms with van der Waals surface area (Å²) in [6.07, 6.45) is 1.61. The van der Waals surface area contributed by atoms with Gasteiger partial charge in [0.1, 0.15) is 5.82 Å². The second kappa shape index (κ2) is 5.95. The van der Waals surface area contributed by atoms with Crippen molar-refractivity contribution in [1.29, 1.82) is 0 Å². The number of hydrogen-bond donors (Lipinski definition) is 2. The molecule has 0 saturated heterocycles. The van der Waals surface area contributed by atoms with Gasteiger partial charge in [-0.25, -0.2) is 4.98 Å². The maximum Gasteiger partial charge on any atom is 0.241 e. The largest absolute Gasteiger partial charge is 0.399 e. The van der Waals surface area contributed by atoms with Crippen molar-refractivity contribution in [3.8, 4) is 0 Å². The molecule has 1 aromatic heterocycles. The van der Waals surface area contributed by atoms with E-state index in [2.05, 4.69) is 10.3 Å². The second-order valence-electron chi connectivity index (χ2n) is 3.39. The SMILES string of the molecule is CCN(CC)C(=O)CNc1cc(N)ccn1. The van der Waals surface area contributed by atoms with Crippen molar-refractivity contribution in [1.82, 2.24) is 9.88 Å². The van der Waals surface area contributed by atoms with Crippen molar-refractivity contribution in [2.45, 2.75) is 13.8 Å². The lowest BCUT2D eigenvalue weighted by atomic mass is 10.4. The Kier molecular flexibility index (Phi) is 4.57. The standard InChI is InChI=1S/C11H18N4O/c1-3-15(4-2)11(16)8-14-10-7-9(12)5-6-13-10/h5-7H,3-4,8H2,1-2H3,(H3,12,13,14). The summed E-state index contributed by atoms with van der Waals surface area (Å²) in [5.74, 6) is 0.690. The summed E-state index contributed by atoms with van der Waals surface area (Å²) in [6.45, 7) is 5.61. The fourth-order valence-corrected chi connectivity index (χ4v) is 1.40. The minimum atomic E-state index is 0.0641. The Bertz CT molecular complexity index is 350. The molecule has 0 aliphatic heterocycles. The summed E-state index contributed by atoms with van der Waals surface area (Å²) >= 11 is 0. The van der Waals surface area contributed by atoms with Crippen LogP contribution in [0.25, 0.3) is 0 Å². The maximum atomic E-state index is 11.7. The first-order chi connectivity index (χ1) is 7.67. The number of nitrogens with two attached hydrogens (primary N) is 1. The van der Waals surface area contributed by atoms with Gasteiger partial charge in [-0.15, -0.1) is 0 Å². The molecule has 0 saturated carbocycles. The summed E-state index contributed by atoms with van der Waals surface area (Å²) < 4.78 is 0. The summed E-state index contributed by atoms with van der Waals surface area (Å²) in [4.78, 5) is 17.5. The Labute approximate surface area is 95.7 Å². The topological polar surface area (TPSA) is 71.2 Å². The van der Waals surface area contributed by atoms with Crippen LogP contribution in [0.15, 0.2) is 18.3 Å². The number of pyridine rings is 1. The first-order valence-electron chi connectivity index (χ1n) is 5.40. The van der Waals surface area contributed by atoms with Crippen LogP contribution in [0.3, 0.4) is 0 Å². The highest BCUT2D eigenvalue weighted by molar-refractivity contribution is 5.80. The Morgan fingerprint density at radius 3 is 2.75 bits per heavy atom. The van der Waals surface area contributed by atoms with E-state index in [0.717, 1.165) is 13.1 Å². The molecular formula is C11H18N4O. The number of rotatable bonds is 5. The molecule has 0 aliphatic carbocycles. The van der Waals surface area contributed by atoms with Crippen LogP contribution in [-0.4, -0.2) is 35.4 Å². The predicted octanol–water partition coefficient (Wildman–Crippen LogP) is 0.944. The molecule has 0 radical (unpaired) electrons. The number of hydrogen-bond acceptors (Lipinski definition) is 4. The van der Waals surface area contributed by atoms with Gasteiger partial charge in [-0.05, 0) is 19.9 Å². The van der Waals surface area contributed by atoms with E-state index in [4.69, 9.17) is 5.73 Å². The lowest BCUT2D eigenvalue weighted by molar-refractivity contribution is -0.128. The van der Waals surface area contributed by atoms with Crippen LogP contribution < -0.4 is 11.1 Å². The molecule has 5 nitrogen and oxygen atoms in total. The Hall–Kier alpha value is -1.78. The van der Waals surface area contributed by atoms with E-state index in [1.165, 1.54) is 0 Å². The normalized spacial score (nSPS) is 9.88. The molecule has 1 heterocycles. The first kappa shape index (κ1) is 12.3. The van der Waals surface area contributed by atoms with Gasteiger partial charge in [0.15, 0.2) is 0 Å². The zero-order chi connectivity index (χ0) is 12.0. The number of carbonyl (C=O) groups is 1. The van der Waals surface area contributed by atoms with Crippen molar-refractivity contribution in [2.75, 3.05) is 30.7 Å². The Balaban J connectivity index is 2.48. The highest BCUT2D eigenvalue weighted by Crippen LogP contribution is 2.07. The lowest BCUT2D eigenvalue weighted by Crippen LogP contribution is -2.35. The maximum absolute atomic E-state index is 11.7. The van der Waals surface area contributed by atoms with Gasteiger partial charge in [0.25, 0.3) is 0 Å². The molecule has 88 valence electrons. The second-order valence-corrected chi connectivity index (χ2v) is 3.39. The van der Waals surface area contributed by atoms with Gasteiger partial charge in [0.2, 0.25) is 5.91 Å². The molecule has 1 aromatic rings. The molecule has 0 unspecified atom stereocenters. The number of nitrogens with zero attached hydrogens (tertiary/aromatic N) is 2. The van der Waals surface area contributed by atoms with Crippen LogP contribution in [0.5, 0.6) is 0 Å². The summed E-state index contributed by atoms with van der Waals surface area (Å²) in [7, 11) is 0. The number of amides is 1. The number of likely N-dealkylation sites (N-methyl/N-ethyl adjacent to an activating group) is 1. The molecule has 0 atom stereocenters. The van der Waals surface area contributed by atoms with Crippen molar-refractivity contribution < 1.29 is 4.79 Å². The molecule has 0 aromatic carbocycles. The molecule has 3 N–H and O–H groups in total. The van der Waals surface area contributed by atoms with Crippen molar-refractivity contribution in [3.63, 3.8) is 0 Å². The van der Waals surface area contributed by atoms with E-state index in [-0.39, 0.29) is 12.5 Å². The van der Waals surface area contributed by atoms with Gasteiger partial charge in [0, 0.05) is 31.0 Å². The van der Waals surface area contributed by atoms with Gasteiger partial charge < -0.3 is 16.0 Å². The van der Waals surface area contributed by atoms with E-state index in [1.54, 1.807) is 23.2 Å². The average molecular weight is 222 g/mol. The molecule has 0 aliphatic rings. The van der Waals surface area contributed by atoms with Gasteiger partial charge in [0.05, 0.1) is 6.54 Å². The molecule has 0 spiro atoms. The zero-order valence-corrected chi connectivity index (χ0v) is 9.73. The highest BCUT2D eigenvalue weighted by Gasteiger charge is 2.08. The fraction of sp³-hybridized carbons (Fsp3) is 0.455. The van der Waals surface area contributed by atoms with Gasteiger partial charge in [-0.2, -0.15) is 0 Å². The van der Waals surface area contributed by atoms with E-state index in [9.17, 15) is 4.79 Å². The molecular weight excluding hydrogens is 204 g/mol. The number of anilines is 2. The molecule has 0 bridgehead atoms. The van der Waals surface area contributed by atoms with Gasteiger partial charge in [-0.1, -0.05) is 0 Å². The fourth-order valence-electron chi connectivity index (χ4n) is 1.40. The molecule has 5 heteroatoms. The van der Waals surface area contributed by atoms with Crippen LogP contribution in [0.1, 0.15) is 13.8 Å². The lowest BCUT2D eigenvalue weighted by Gasteiger charge is -2.18. The third-order valence-corrected chi connectivity index (χ3v) is 2.32. The van der Waals surface area contributed by atoms with Crippen LogP contribution >= 0.6 is 0 Å². The average Bonchev–Trinajstić information content (AvgIpc) is 2.28. The summed E-state index contributed by atoms with van der Waals surface area (Å²) in [5, 5.41) is 2.95. The van der Waals surface area contributed by atoms with E-state index in [1.807, 2.05) is 13.8 Å². The highest BCUT2D eigenvalue weighted by atomic mass is 16.2. The minimum Gasteiger partial charge on any atom is -0.399 e. The number of nitrogens with one attached hydrogen (secondary N) is 1. The van der Waals surface area contributed by atoms with Crippen LogP contribution in [0, 0.1) is 0 Å². The quantitative estimate of drug-likeness (QED) is 0.778. The zero-order valence-electron chi connectivity index (χ0n) is 9.73. The first-order valence-corrected chi connectivity index (χ1v) is 5.40. The predicted molar refractivity (Wildman–Crippen MR) is 65.1 cm³/mol. The Morgan fingerprint density at radius 2 is 2.19 bits per heavy atom. The minimum absolute atomic E-state index is 0.0641. The Morgan fingerprint density at radius 1 is 1.50 bits per heavy atom. The smallest absolute Gasteiger partial charge is 0.241 e. The van der Waals surface area contributed by atoms with E-state index in [0.29, 0.717) is 11.5 Å².